The van der Waals surface area contributed by atoms with Crippen molar-refractivity contribution in [2.75, 3.05) is 13.2 Å². The smallest absolute Gasteiger partial charge is 0.293 e. The van der Waals surface area contributed by atoms with E-state index in [2.05, 4.69) is 9.72 Å². The third-order valence-electron chi connectivity index (χ3n) is 3.68. The zero-order valence-electron chi connectivity index (χ0n) is 12.3. The lowest BCUT2D eigenvalue weighted by atomic mass is 9.99. The van der Waals surface area contributed by atoms with Crippen molar-refractivity contribution < 1.29 is 39.4 Å². The van der Waals surface area contributed by atoms with Crippen LogP contribution in [-0.4, -0.2) is 75.8 Å². The molecule has 2 rings (SSSR count). The maximum Gasteiger partial charge on any atom is 0.293 e. The third kappa shape index (κ3) is 4.28. The third-order valence-corrected chi connectivity index (χ3v) is 3.68. The van der Waals surface area contributed by atoms with E-state index >= 15 is 0 Å². The van der Waals surface area contributed by atoms with Gasteiger partial charge in [0.1, 0.15) is 30.5 Å². The molecule has 1 aliphatic heterocycles. The number of aliphatic hydroxyl groups is 4. The van der Waals surface area contributed by atoms with Gasteiger partial charge in [-0.3, -0.25) is 4.79 Å². The van der Waals surface area contributed by atoms with Gasteiger partial charge in [0.25, 0.3) is 6.47 Å². The van der Waals surface area contributed by atoms with E-state index in [0.717, 1.165) is 0 Å². The number of nitrogens with one attached hydrogen (secondary N) is 1. The second-order valence-corrected chi connectivity index (χ2v) is 5.20. The Hall–Kier alpha value is -1.49. The van der Waals surface area contributed by atoms with Crippen LogP contribution in [0.2, 0.25) is 0 Å². The van der Waals surface area contributed by atoms with Crippen LogP contribution < -0.4 is 0 Å². The lowest BCUT2D eigenvalue weighted by Crippen LogP contribution is -2.59. The molecule has 2 heterocycles. The van der Waals surface area contributed by atoms with Crippen LogP contribution in [0, 0.1) is 0 Å². The summed E-state index contributed by atoms with van der Waals surface area (Å²) in [5, 5.41) is 38.7. The summed E-state index contributed by atoms with van der Waals surface area (Å²) in [5.41, 5.74) is 0.663. The molecule has 9 nitrogen and oxygen atoms in total. The van der Waals surface area contributed by atoms with Gasteiger partial charge in [-0.2, -0.15) is 0 Å². The summed E-state index contributed by atoms with van der Waals surface area (Å²) < 4.78 is 15.6. The summed E-state index contributed by atoms with van der Waals surface area (Å²) in [7, 11) is 0. The SMILES string of the molecule is O=COCC[C@@H](O[C@@H]1O[C@@H](CO)[C@H](O)[C@H](O)[C@H]1O)c1ccc[nH]1. The average Bonchev–Trinajstić information content (AvgIpc) is 3.08. The van der Waals surface area contributed by atoms with Gasteiger partial charge in [0.05, 0.1) is 13.2 Å². The Morgan fingerprint density at radius 2 is 2.09 bits per heavy atom. The van der Waals surface area contributed by atoms with E-state index in [9.17, 15) is 25.2 Å². The molecule has 0 spiro atoms. The molecule has 0 radical (unpaired) electrons. The molecule has 1 aromatic heterocycles. The molecular formula is C14H21NO8. The lowest BCUT2D eigenvalue weighted by molar-refractivity contribution is -0.313. The molecule has 1 saturated heterocycles. The fraction of sp³-hybridized carbons (Fsp3) is 0.643. The molecule has 0 aromatic carbocycles. The minimum atomic E-state index is -1.51. The highest BCUT2D eigenvalue weighted by atomic mass is 16.7. The molecule has 0 unspecified atom stereocenters. The highest BCUT2D eigenvalue weighted by molar-refractivity contribution is 5.36. The molecule has 1 fully saturated rings. The van der Waals surface area contributed by atoms with Gasteiger partial charge in [0.2, 0.25) is 0 Å². The van der Waals surface area contributed by atoms with Crippen molar-refractivity contribution in [2.24, 2.45) is 0 Å². The topological polar surface area (TPSA) is 141 Å². The highest BCUT2D eigenvalue weighted by Crippen LogP contribution is 2.28. The maximum atomic E-state index is 10.3. The summed E-state index contributed by atoms with van der Waals surface area (Å²) in [6.07, 6.45) is -5.39. The van der Waals surface area contributed by atoms with E-state index in [0.29, 0.717) is 12.2 Å². The minimum Gasteiger partial charge on any atom is -0.468 e. The molecule has 23 heavy (non-hydrogen) atoms. The van der Waals surface area contributed by atoms with E-state index in [-0.39, 0.29) is 13.0 Å². The summed E-state index contributed by atoms with van der Waals surface area (Å²) in [6.45, 7) is -0.129. The number of H-pyrrole nitrogens is 1. The van der Waals surface area contributed by atoms with Crippen molar-refractivity contribution in [3.8, 4) is 0 Å². The van der Waals surface area contributed by atoms with Crippen molar-refractivity contribution in [2.45, 2.75) is 43.2 Å². The summed E-state index contributed by atoms with van der Waals surface area (Å²) in [4.78, 5) is 13.2. The summed E-state index contributed by atoms with van der Waals surface area (Å²) in [6, 6.07) is 3.50. The molecule has 1 aliphatic rings. The van der Waals surface area contributed by atoms with Crippen LogP contribution in [-0.2, 0) is 19.0 Å². The fourth-order valence-corrected chi connectivity index (χ4v) is 2.41. The van der Waals surface area contributed by atoms with Gasteiger partial charge in [0, 0.05) is 18.3 Å². The van der Waals surface area contributed by atoms with E-state index in [1.807, 2.05) is 0 Å². The predicted molar refractivity (Wildman–Crippen MR) is 75.0 cm³/mol. The Morgan fingerprint density at radius 3 is 2.70 bits per heavy atom. The number of hydrogen-bond acceptors (Lipinski definition) is 8. The van der Waals surface area contributed by atoms with Crippen molar-refractivity contribution in [1.82, 2.24) is 4.98 Å². The van der Waals surface area contributed by atoms with E-state index < -0.39 is 43.4 Å². The molecular weight excluding hydrogens is 310 g/mol. The first kappa shape index (κ1) is 17.9. The minimum absolute atomic E-state index is 0.0879. The Kier molecular flexibility index (Phi) is 6.51. The first-order chi connectivity index (χ1) is 11.1. The average molecular weight is 331 g/mol. The van der Waals surface area contributed by atoms with E-state index in [4.69, 9.17) is 9.47 Å². The van der Waals surface area contributed by atoms with Crippen molar-refractivity contribution >= 4 is 6.47 Å². The largest absolute Gasteiger partial charge is 0.468 e. The first-order valence-electron chi connectivity index (χ1n) is 7.23. The zero-order chi connectivity index (χ0) is 16.8. The molecule has 9 heteroatoms. The van der Waals surface area contributed by atoms with Crippen molar-refractivity contribution in [3.63, 3.8) is 0 Å². The number of carbonyl (C=O) groups is 1. The van der Waals surface area contributed by atoms with Crippen molar-refractivity contribution in [1.29, 1.82) is 0 Å². The predicted octanol–water partition coefficient (Wildman–Crippen LogP) is -1.56. The molecule has 0 amide bonds. The second-order valence-electron chi connectivity index (χ2n) is 5.20. The second kappa shape index (κ2) is 8.39. The Bertz CT molecular complexity index is 465. The fourth-order valence-electron chi connectivity index (χ4n) is 2.41. The Labute approximate surface area is 132 Å². The van der Waals surface area contributed by atoms with Crippen LogP contribution in [0.5, 0.6) is 0 Å². The molecule has 130 valence electrons. The van der Waals surface area contributed by atoms with Crippen LogP contribution in [0.15, 0.2) is 18.3 Å². The monoisotopic (exact) mass is 331 g/mol. The Balaban J connectivity index is 2.06. The molecule has 5 N–H and O–H groups in total. The number of carbonyl (C=O) groups excluding carboxylic acids is 1. The maximum absolute atomic E-state index is 10.3. The number of aromatic amines is 1. The number of aromatic nitrogens is 1. The first-order valence-corrected chi connectivity index (χ1v) is 7.23. The van der Waals surface area contributed by atoms with Crippen LogP contribution >= 0.6 is 0 Å². The molecule has 1 aromatic rings. The van der Waals surface area contributed by atoms with Gasteiger partial charge in [-0.25, -0.2) is 0 Å². The van der Waals surface area contributed by atoms with Crippen LogP contribution in [0.1, 0.15) is 18.2 Å². The number of hydrogen-bond donors (Lipinski definition) is 5. The quantitative estimate of drug-likeness (QED) is 0.284. The lowest BCUT2D eigenvalue weighted by Gasteiger charge is -2.40. The van der Waals surface area contributed by atoms with Gasteiger partial charge in [-0.15, -0.1) is 0 Å². The van der Waals surface area contributed by atoms with Crippen LogP contribution in [0.3, 0.4) is 0 Å². The van der Waals surface area contributed by atoms with E-state index in [1.54, 1.807) is 18.3 Å². The standard InChI is InChI=1S/C14H21NO8/c16-6-10-11(18)12(19)13(20)14(23-10)22-9(3-5-21-7-17)8-2-1-4-15-8/h1-2,4,7,9-16,18-20H,3,5-6H2/t9-,10+,11+,12+,13-,14-/m1/s1. The number of aliphatic hydroxyl groups excluding tert-OH is 4. The van der Waals surface area contributed by atoms with Gasteiger partial charge < -0.3 is 39.6 Å². The van der Waals surface area contributed by atoms with Crippen LogP contribution in [0.4, 0.5) is 0 Å². The summed E-state index contributed by atoms with van der Waals surface area (Å²) >= 11 is 0. The van der Waals surface area contributed by atoms with Gasteiger partial charge in [-0.1, -0.05) is 0 Å². The van der Waals surface area contributed by atoms with Gasteiger partial charge >= 0.3 is 0 Å². The van der Waals surface area contributed by atoms with Gasteiger partial charge in [0.15, 0.2) is 6.29 Å². The normalized spacial score (nSPS) is 32.4. The highest BCUT2D eigenvalue weighted by Gasteiger charge is 2.44. The molecule has 6 atom stereocenters. The Morgan fingerprint density at radius 1 is 1.30 bits per heavy atom. The van der Waals surface area contributed by atoms with Crippen LogP contribution in [0.25, 0.3) is 0 Å². The summed E-state index contributed by atoms with van der Waals surface area (Å²) in [5.74, 6) is 0. The molecule has 0 aliphatic carbocycles. The van der Waals surface area contributed by atoms with E-state index in [1.165, 1.54) is 0 Å². The molecule has 0 bridgehead atoms. The van der Waals surface area contributed by atoms with Crippen molar-refractivity contribution in [3.05, 3.63) is 24.0 Å². The number of ether oxygens (including phenoxy) is 3. The zero-order valence-corrected chi connectivity index (χ0v) is 12.3. The molecule has 0 saturated carbocycles. The van der Waals surface area contributed by atoms with Gasteiger partial charge in [-0.05, 0) is 12.1 Å². The number of rotatable bonds is 8.